The van der Waals surface area contributed by atoms with Crippen molar-refractivity contribution in [3.05, 3.63) is 46.6 Å². The molecule has 3 rings (SSSR count). The number of nitrogens with zero attached hydrogens (tertiary/aromatic N) is 1. The number of carbonyl (C=O) groups is 1. The van der Waals surface area contributed by atoms with Gasteiger partial charge in [0, 0.05) is 21.3 Å². The SMILES string of the molecule is COC(=O)c1cc(OC)c2cc(Br)c3ccccc3c2n1. The quantitative estimate of drug-likeness (QED) is 0.521. The van der Waals surface area contributed by atoms with E-state index < -0.39 is 5.97 Å². The van der Waals surface area contributed by atoms with E-state index in [0.29, 0.717) is 11.3 Å². The van der Waals surface area contributed by atoms with Gasteiger partial charge in [-0.05, 0) is 11.5 Å². The molecule has 0 saturated carbocycles. The van der Waals surface area contributed by atoms with Gasteiger partial charge in [-0.25, -0.2) is 9.78 Å². The largest absolute Gasteiger partial charge is 0.496 e. The lowest BCUT2D eigenvalue weighted by atomic mass is 10.1. The van der Waals surface area contributed by atoms with Crippen molar-refractivity contribution in [2.45, 2.75) is 0 Å². The molecule has 5 heteroatoms. The van der Waals surface area contributed by atoms with E-state index in [-0.39, 0.29) is 5.69 Å². The molecule has 0 aliphatic heterocycles. The molecule has 0 saturated heterocycles. The molecule has 21 heavy (non-hydrogen) atoms. The summed E-state index contributed by atoms with van der Waals surface area (Å²) in [5.74, 6) is 0.106. The number of methoxy groups -OCH3 is 2. The lowest BCUT2D eigenvalue weighted by Gasteiger charge is -2.11. The van der Waals surface area contributed by atoms with Crippen LogP contribution in [0.3, 0.4) is 0 Å². The normalized spacial score (nSPS) is 10.8. The fourth-order valence-electron chi connectivity index (χ4n) is 2.36. The molecule has 106 valence electrons. The number of aromatic nitrogens is 1. The van der Waals surface area contributed by atoms with Gasteiger partial charge in [0.1, 0.15) is 5.75 Å². The summed E-state index contributed by atoms with van der Waals surface area (Å²) in [7, 11) is 2.90. The van der Waals surface area contributed by atoms with Crippen LogP contribution < -0.4 is 4.74 Å². The second kappa shape index (κ2) is 5.33. The van der Waals surface area contributed by atoms with Crippen LogP contribution in [0.15, 0.2) is 40.9 Å². The molecule has 0 amide bonds. The lowest BCUT2D eigenvalue weighted by Crippen LogP contribution is -2.05. The van der Waals surface area contributed by atoms with Crippen LogP contribution in [-0.2, 0) is 4.74 Å². The highest BCUT2D eigenvalue weighted by molar-refractivity contribution is 9.10. The third kappa shape index (κ3) is 2.23. The number of rotatable bonds is 2. The summed E-state index contributed by atoms with van der Waals surface area (Å²) >= 11 is 3.57. The van der Waals surface area contributed by atoms with Crippen LogP contribution >= 0.6 is 15.9 Å². The van der Waals surface area contributed by atoms with Gasteiger partial charge in [0.15, 0.2) is 5.69 Å². The number of fused-ring (bicyclic) bond motifs is 3. The van der Waals surface area contributed by atoms with Gasteiger partial charge in [-0.15, -0.1) is 0 Å². The molecule has 0 N–H and O–H groups in total. The lowest BCUT2D eigenvalue weighted by molar-refractivity contribution is 0.0594. The van der Waals surface area contributed by atoms with Gasteiger partial charge in [-0.2, -0.15) is 0 Å². The number of esters is 1. The number of benzene rings is 2. The Kier molecular flexibility index (Phi) is 3.51. The van der Waals surface area contributed by atoms with Crippen molar-refractivity contribution in [2.75, 3.05) is 14.2 Å². The van der Waals surface area contributed by atoms with E-state index in [4.69, 9.17) is 9.47 Å². The molecule has 0 spiro atoms. The average Bonchev–Trinajstić information content (AvgIpc) is 2.53. The smallest absolute Gasteiger partial charge is 0.356 e. The van der Waals surface area contributed by atoms with Crippen LogP contribution in [0.5, 0.6) is 5.75 Å². The first-order valence-electron chi connectivity index (χ1n) is 6.30. The Balaban J connectivity index is 2.48. The molecular weight excluding hydrogens is 334 g/mol. The molecule has 1 heterocycles. The molecule has 0 fully saturated rings. The number of pyridine rings is 1. The van der Waals surface area contributed by atoms with E-state index in [2.05, 4.69) is 20.9 Å². The van der Waals surface area contributed by atoms with Gasteiger partial charge >= 0.3 is 5.97 Å². The molecule has 0 aliphatic rings. The van der Waals surface area contributed by atoms with Crippen molar-refractivity contribution in [2.24, 2.45) is 0 Å². The van der Waals surface area contributed by atoms with E-state index in [0.717, 1.165) is 20.6 Å². The third-order valence-electron chi connectivity index (χ3n) is 3.35. The molecule has 0 bridgehead atoms. The van der Waals surface area contributed by atoms with Gasteiger partial charge in [-0.1, -0.05) is 40.2 Å². The van der Waals surface area contributed by atoms with Crippen molar-refractivity contribution < 1.29 is 14.3 Å². The van der Waals surface area contributed by atoms with Crippen molar-refractivity contribution in [3.63, 3.8) is 0 Å². The van der Waals surface area contributed by atoms with E-state index in [9.17, 15) is 4.79 Å². The summed E-state index contributed by atoms with van der Waals surface area (Å²) in [6.07, 6.45) is 0. The first-order valence-corrected chi connectivity index (χ1v) is 7.09. The average molecular weight is 346 g/mol. The second-order valence-electron chi connectivity index (χ2n) is 4.50. The zero-order valence-corrected chi connectivity index (χ0v) is 13.1. The second-order valence-corrected chi connectivity index (χ2v) is 5.36. The minimum Gasteiger partial charge on any atom is -0.496 e. The van der Waals surface area contributed by atoms with Gasteiger partial charge in [0.05, 0.1) is 19.7 Å². The highest BCUT2D eigenvalue weighted by Crippen LogP contribution is 2.35. The molecule has 0 atom stereocenters. The molecule has 0 unspecified atom stereocenters. The number of hydrogen-bond acceptors (Lipinski definition) is 4. The predicted octanol–water partition coefficient (Wildman–Crippen LogP) is 3.95. The Bertz CT molecular complexity index is 861. The van der Waals surface area contributed by atoms with E-state index in [1.165, 1.54) is 7.11 Å². The predicted molar refractivity (Wildman–Crippen MR) is 84.8 cm³/mol. The van der Waals surface area contributed by atoms with Crippen molar-refractivity contribution in [1.82, 2.24) is 4.98 Å². The first-order chi connectivity index (χ1) is 10.2. The monoisotopic (exact) mass is 345 g/mol. The molecular formula is C16H12BrNO3. The van der Waals surface area contributed by atoms with Crippen LogP contribution in [0, 0.1) is 0 Å². The van der Waals surface area contributed by atoms with Gasteiger partial charge in [-0.3, -0.25) is 0 Å². The van der Waals surface area contributed by atoms with Crippen molar-refractivity contribution >= 4 is 43.6 Å². The van der Waals surface area contributed by atoms with E-state index in [1.807, 2.05) is 30.3 Å². The number of hydrogen-bond donors (Lipinski definition) is 0. The molecule has 3 aromatic rings. The first kappa shape index (κ1) is 13.8. The van der Waals surface area contributed by atoms with Crippen LogP contribution in [0.1, 0.15) is 10.5 Å². The van der Waals surface area contributed by atoms with Crippen molar-refractivity contribution in [1.29, 1.82) is 0 Å². The number of halogens is 1. The fourth-order valence-corrected chi connectivity index (χ4v) is 2.93. The summed E-state index contributed by atoms with van der Waals surface area (Å²) in [5.41, 5.74) is 0.947. The zero-order chi connectivity index (χ0) is 15.0. The molecule has 0 aliphatic carbocycles. The van der Waals surface area contributed by atoms with Crippen LogP contribution in [0.25, 0.3) is 21.7 Å². The number of ether oxygens (including phenoxy) is 2. The summed E-state index contributed by atoms with van der Waals surface area (Å²) in [4.78, 5) is 16.2. The molecule has 4 nitrogen and oxygen atoms in total. The number of carbonyl (C=O) groups excluding carboxylic acids is 1. The summed E-state index contributed by atoms with van der Waals surface area (Å²) in [6, 6.07) is 11.4. The Morgan fingerprint density at radius 1 is 1.10 bits per heavy atom. The van der Waals surface area contributed by atoms with E-state index in [1.54, 1.807) is 13.2 Å². The Morgan fingerprint density at radius 3 is 2.48 bits per heavy atom. The molecule has 0 radical (unpaired) electrons. The standard InChI is InChI=1S/C16H12BrNO3/c1-20-14-8-13(16(19)21-2)18-15-10-6-4-3-5-9(10)12(17)7-11(14)15/h3-8H,1-2H3. The minimum atomic E-state index is -0.484. The zero-order valence-electron chi connectivity index (χ0n) is 11.5. The Morgan fingerprint density at radius 2 is 1.81 bits per heavy atom. The van der Waals surface area contributed by atoms with Crippen LogP contribution in [0.4, 0.5) is 0 Å². The van der Waals surface area contributed by atoms with Gasteiger partial charge < -0.3 is 9.47 Å². The van der Waals surface area contributed by atoms with Gasteiger partial charge in [0.25, 0.3) is 0 Å². The van der Waals surface area contributed by atoms with Gasteiger partial charge in [0.2, 0.25) is 0 Å². The van der Waals surface area contributed by atoms with Crippen molar-refractivity contribution in [3.8, 4) is 5.75 Å². The summed E-state index contributed by atoms with van der Waals surface area (Å²) in [6.45, 7) is 0. The van der Waals surface area contributed by atoms with Crippen LogP contribution in [0.2, 0.25) is 0 Å². The maximum atomic E-state index is 11.8. The highest BCUT2D eigenvalue weighted by Gasteiger charge is 2.15. The minimum absolute atomic E-state index is 0.231. The van der Waals surface area contributed by atoms with Crippen LogP contribution in [-0.4, -0.2) is 25.2 Å². The summed E-state index contributed by atoms with van der Waals surface area (Å²) in [5, 5.41) is 2.82. The maximum Gasteiger partial charge on any atom is 0.356 e. The Labute approximate surface area is 129 Å². The third-order valence-corrected chi connectivity index (χ3v) is 4.00. The maximum absolute atomic E-state index is 11.8. The fraction of sp³-hybridized carbons (Fsp3) is 0.125. The summed E-state index contributed by atoms with van der Waals surface area (Å²) < 4.78 is 11.1. The molecule has 1 aromatic heterocycles. The molecule has 2 aromatic carbocycles. The highest BCUT2D eigenvalue weighted by atomic mass is 79.9. The van der Waals surface area contributed by atoms with E-state index >= 15 is 0 Å². The Hall–Kier alpha value is -2.14. The topological polar surface area (TPSA) is 48.4 Å².